The summed E-state index contributed by atoms with van der Waals surface area (Å²) in [6, 6.07) is 24.3. The lowest BCUT2D eigenvalue weighted by molar-refractivity contribution is -0.134. The van der Waals surface area contributed by atoms with Crippen molar-refractivity contribution in [1.82, 2.24) is 14.9 Å². The fraction of sp³-hybridized carbons (Fsp3) is 0.219. The van der Waals surface area contributed by atoms with Gasteiger partial charge in [0.1, 0.15) is 0 Å². The molecule has 0 aliphatic heterocycles. The van der Waals surface area contributed by atoms with Crippen molar-refractivity contribution in [1.29, 1.82) is 0 Å². The molecule has 0 saturated carbocycles. The number of hydrogen-bond acceptors (Lipinski definition) is 3. The first-order valence-corrected chi connectivity index (χ1v) is 12.9. The summed E-state index contributed by atoms with van der Waals surface area (Å²) in [4.78, 5) is 21.0. The molecule has 0 fully saturated rings. The summed E-state index contributed by atoms with van der Waals surface area (Å²) in [7, 11) is 1.40. The van der Waals surface area contributed by atoms with Crippen molar-refractivity contribution in [2.24, 2.45) is 0 Å². The molecule has 1 aliphatic rings. The average Bonchev–Trinajstić information content (AvgIpc) is 3.67. The summed E-state index contributed by atoms with van der Waals surface area (Å²) >= 11 is 0. The van der Waals surface area contributed by atoms with Crippen LogP contribution < -0.4 is 0 Å². The van der Waals surface area contributed by atoms with E-state index in [1.54, 1.807) is 0 Å². The second kappa shape index (κ2) is 10.1. The van der Waals surface area contributed by atoms with E-state index in [9.17, 15) is 4.79 Å². The number of esters is 1. The summed E-state index contributed by atoms with van der Waals surface area (Å²) in [6.07, 6.45) is 10.6. The molecule has 5 aromatic rings. The first-order chi connectivity index (χ1) is 18.2. The van der Waals surface area contributed by atoms with Gasteiger partial charge in [-0.1, -0.05) is 48.5 Å². The van der Waals surface area contributed by atoms with Crippen molar-refractivity contribution in [3.63, 3.8) is 0 Å². The van der Waals surface area contributed by atoms with Gasteiger partial charge in [0.05, 0.1) is 7.11 Å². The van der Waals surface area contributed by atoms with Gasteiger partial charge in [-0.25, -0.2) is 4.79 Å². The topological polar surface area (TPSA) is 61.1 Å². The van der Waals surface area contributed by atoms with Gasteiger partial charge in [-0.15, -0.1) is 0 Å². The number of aryl methyl sites for hydroxylation is 1. The van der Waals surface area contributed by atoms with Crippen LogP contribution in [0.1, 0.15) is 40.3 Å². The van der Waals surface area contributed by atoms with Gasteiger partial charge in [-0.3, -0.25) is 4.90 Å². The minimum absolute atomic E-state index is 0.333. The highest BCUT2D eigenvalue weighted by Gasteiger charge is 2.28. The Labute approximate surface area is 216 Å². The predicted molar refractivity (Wildman–Crippen MR) is 149 cm³/mol. The molecule has 37 heavy (non-hydrogen) atoms. The molecule has 0 saturated heterocycles. The Balaban J connectivity index is 1.28. The van der Waals surface area contributed by atoms with E-state index in [0.717, 1.165) is 37.9 Å². The van der Waals surface area contributed by atoms with Crippen LogP contribution >= 0.6 is 0 Å². The second-order valence-corrected chi connectivity index (χ2v) is 9.85. The minimum Gasteiger partial charge on any atom is -0.466 e. The van der Waals surface area contributed by atoms with Crippen LogP contribution in [-0.4, -0.2) is 34.5 Å². The molecule has 0 radical (unpaired) electrons. The Morgan fingerprint density at radius 3 is 2.89 bits per heavy atom. The van der Waals surface area contributed by atoms with Gasteiger partial charge in [0, 0.05) is 54.0 Å². The second-order valence-electron chi connectivity index (χ2n) is 9.85. The van der Waals surface area contributed by atoms with E-state index in [2.05, 4.69) is 87.8 Å². The highest BCUT2D eigenvalue weighted by Crippen LogP contribution is 2.38. The van der Waals surface area contributed by atoms with Gasteiger partial charge in [0.2, 0.25) is 0 Å². The number of hydrogen-bond donors (Lipinski definition) is 2. The highest BCUT2D eigenvalue weighted by molar-refractivity contribution is 5.87. The molecule has 1 aliphatic carbocycles. The van der Waals surface area contributed by atoms with E-state index in [-0.39, 0.29) is 5.97 Å². The van der Waals surface area contributed by atoms with E-state index in [1.807, 2.05) is 12.3 Å². The Bertz CT molecular complexity index is 1590. The van der Waals surface area contributed by atoms with Crippen molar-refractivity contribution in [3.8, 4) is 0 Å². The van der Waals surface area contributed by atoms with Gasteiger partial charge in [0.25, 0.3) is 0 Å². The summed E-state index contributed by atoms with van der Waals surface area (Å²) in [5.41, 5.74) is 8.86. The van der Waals surface area contributed by atoms with Crippen LogP contribution in [0.3, 0.4) is 0 Å². The number of benzene rings is 3. The van der Waals surface area contributed by atoms with E-state index in [4.69, 9.17) is 4.74 Å². The van der Waals surface area contributed by atoms with Crippen molar-refractivity contribution in [2.75, 3.05) is 13.7 Å². The molecule has 0 bridgehead atoms. The molecule has 0 spiro atoms. The maximum absolute atomic E-state index is 11.5. The smallest absolute Gasteiger partial charge is 0.330 e. The Kier molecular flexibility index (Phi) is 6.37. The molecular weight excluding hydrogens is 458 g/mol. The number of aromatic amines is 2. The zero-order valence-corrected chi connectivity index (χ0v) is 21.0. The maximum atomic E-state index is 11.5. The highest BCUT2D eigenvalue weighted by atomic mass is 16.5. The molecule has 1 unspecified atom stereocenters. The normalized spacial score (nSPS) is 15.2. The van der Waals surface area contributed by atoms with Gasteiger partial charge >= 0.3 is 5.97 Å². The third-order valence-electron chi connectivity index (χ3n) is 7.62. The van der Waals surface area contributed by atoms with E-state index in [1.165, 1.54) is 57.2 Å². The number of nitrogens with zero attached hydrogens (tertiary/aromatic N) is 1. The van der Waals surface area contributed by atoms with Gasteiger partial charge in [-0.05, 0) is 76.7 Å². The van der Waals surface area contributed by atoms with Crippen molar-refractivity contribution < 1.29 is 9.53 Å². The summed E-state index contributed by atoms with van der Waals surface area (Å²) < 4.78 is 4.74. The predicted octanol–water partition coefficient (Wildman–Crippen LogP) is 6.57. The largest absolute Gasteiger partial charge is 0.466 e. The number of aromatic nitrogens is 2. The molecule has 2 heterocycles. The van der Waals surface area contributed by atoms with Crippen LogP contribution in [0.5, 0.6) is 0 Å². The fourth-order valence-corrected chi connectivity index (χ4v) is 5.71. The molecular formula is C32H31N3O2. The van der Waals surface area contributed by atoms with E-state index >= 15 is 0 Å². The molecule has 186 valence electrons. The standard InChI is InChI=1S/C32H31N3O2/c1-37-32(36)13-8-22-7-11-28-25(18-22)10-12-31(28)35(21-23-6-9-24-14-16-33-30(24)19-23)17-15-26-20-34-29-5-3-2-4-27(26)29/h2-9,11,13-14,16,18-20,31,33-34H,10,12,15,17,21H2,1H3/b13-8+. The van der Waals surface area contributed by atoms with Gasteiger partial charge in [-0.2, -0.15) is 0 Å². The van der Waals surface area contributed by atoms with Crippen LogP contribution in [0, 0.1) is 0 Å². The molecule has 2 aromatic heterocycles. The number of rotatable bonds is 8. The number of carbonyl (C=O) groups excluding carboxylic acids is 1. The Morgan fingerprint density at radius 1 is 1.05 bits per heavy atom. The molecule has 2 N–H and O–H groups in total. The number of methoxy groups -OCH3 is 1. The molecule has 5 nitrogen and oxygen atoms in total. The molecule has 6 rings (SSSR count). The molecule has 5 heteroatoms. The lowest BCUT2D eigenvalue weighted by atomic mass is 10.0. The number of para-hydroxylation sites is 1. The first-order valence-electron chi connectivity index (χ1n) is 12.9. The van der Waals surface area contributed by atoms with Crippen molar-refractivity contribution >= 4 is 33.9 Å². The van der Waals surface area contributed by atoms with E-state index < -0.39 is 0 Å². The zero-order valence-electron chi connectivity index (χ0n) is 21.0. The van der Waals surface area contributed by atoms with Crippen LogP contribution in [-0.2, 0) is 28.9 Å². The minimum atomic E-state index is -0.333. The first kappa shape index (κ1) is 23.3. The zero-order chi connectivity index (χ0) is 25.2. The average molecular weight is 490 g/mol. The maximum Gasteiger partial charge on any atom is 0.330 e. The fourth-order valence-electron chi connectivity index (χ4n) is 5.71. The van der Waals surface area contributed by atoms with Crippen molar-refractivity contribution in [2.45, 2.75) is 31.8 Å². The number of nitrogens with one attached hydrogen (secondary N) is 2. The van der Waals surface area contributed by atoms with E-state index in [0.29, 0.717) is 6.04 Å². The van der Waals surface area contributed by atoms with Crippen LogP contribution in [0.25, 0.3) is 27.9 Å². The quantitative estimate of drug-likeness (QED) is 0.191. The third kappa shape index (κ3) is 4.83. The summed E-state index contributed by atoms with van der Waals surface area (Å²) in [6.45, 7) is 1.87. The number of fused-ring (bicyclic) bond motifs is 3. The Hall–Kier alpha value is -4.09. The summed E-state index contributed by atoms with van der Waals surface area (Å²) in [5.74, 6) is -0.333. The lowest BCUT2D eigenvalue weighted by Crippen LogP contribution is -2.29. The van der Waals surface area contributed by atoms with Crippen LogP contribution in [0.4, 0.5) is 0 Å². The third-order valence-corrected chi connectivity index (χ3v) is 7.62. The number of ether oxygens (including phenoxy) is 1. The summed E-state index contributed by atoms with van der Waals surface area (Å²) in [5, 5.41) is 2.55. The molecule has 3 aromatic carbocycles. The number of carbonyl (C=O) groups is 1. The van der Waals surface area contributed by atoms with Crippen molar-refractivity contribution in [3.05, 3.63) is 113 Å². The van der Waals surface area contributed by atoms with Gasteiger partial charge in [0.15, 0.2) is 0 Å². The SMILES string of the molecule is COC(=O)/C=C/c1ccc2c(c1)CCC2N(CCc1c[nH]c2ccccc12)Cc1ccc2cc[nH]c2c1. The monoisotopic (exact) mass is 489 g/mol. The van der Waals surface area contributed by atoms with Crippen LogP contribution in [0.15, 0.2) is 85.2 Å². The molecule has 0 amide bonds. The van der Waals surface area contributed by atoms with Crippen LogP contribution in [0.2, 0.25) is 0 Å². The lowest BCUT2D eigenvalue weighted by Gasteiger charge is -2.30. The number of H-pyrrole nitrogens is 2. The molecule has 1 atom stereocenters. The van der Waals surface area contributed by atoms with Gasteiger partial charge < -0.3 is 14.7 Å². The Morgan fingerprint density at radius 2 is 1.97 bits per heavy atom.